The summed E-state index contributed by atoms with van der Waals surface area (Å²) in [6, 6.07) is 3.26. The van der Waals surface area contributed by atoms with E-state index in [1.54, 1.807) is 12.1 Å². The highest BCUT2D eigenvalue weighted by molar-refractivity contribution is 7.15. The predicted molar refractivity (Wildman–Crippen MR) is 76.2 cm³/mol. The Morgan fingerprint density at radius 2 is 2.32 bits per heavy atom. The van der Waals surface area contributed by atoms with Crippen molar-refractivity contribution in [1.29, 1.82) is 0 Å². The first-order valence-electron chi connectivity index (χ1n) is 5.84. The summed E-state index contributed by atoms with van der Waals surface area (Å²) >= 11 is 1.46. The van der Waals surface area contributed by atoms with Gasteiger partial charge in [0.25, 0.3) is 5.91 Å². The number of aryl methyl sites for hydroxylation is 2. The van der Waals surface area contributed by atoms with Gasteiger partial charge in [-0.25, -0.2) is 4.98 Å². The van der Waals surface area contributed by atoms with E-state index in [4.69, 9.17) is 5.84 Å². The third kappa shape index (κ3) is 3.07. The number of hydrogen-bond acceptors (Lipinski definition) is 6. The average Bonchev–Trinajstić information content (AvgIpc) is 2.78. The summed E-state index contributed by atoms with van der Waals surface area (Å²) in [5, 5.41) is 3.33. The van der Waals surface area contributed by atoms with E-state index >= 15 is 0 Å². The van der Waals surface area contributed by atoms with E-state index in [2.05, 4.69) is 20.7 Å². The number of nitrogens with two attached hydrogens (primary N) is 1. The monoisotopic (exact) mass is 277 g/mol. The Bertz CT molecular complexity index is 596. The molecule has 0 aliphatic carbocycles. The maximum Gasteiger partial charge on any atom is 0.276 e. The third-order valence-corrected chi connectivity index (χ3v) is 3.54. The molecule has 0 aliphatic heterocycles. The van der Waals surface area contributed by atoms with Gasteiger partial charge in [0.15, 0.2) is 5.13 Å². The molecule has 2 aromatic rings. The smallest absolute Gasteiger partial charge is 0.276 e. The van der Waals surface area contributed by atoms with E-state index in [1.165, 1.54) is 17.5 Å². The van der Waals surface area contributed by atoms with Gasteiger partial charge in [-0.2, -0.15) is 0 Å². The minimum absolute atomic E-state index is 0.293. The van der Waals surface area contributed by atoms with Crippen LogP contribution in [0, 0.1) is 6.92 Å². The van der Waals surface area contributed by atoms with Gasteiger partial charge in [-0.1, -0.05) is 6.92 Å². The number of pyridine rings is 1. The molecule has 6 nitrogen and oxygen atoms in total. The first-order valence-corrected chi connectivity index (χ1v) is 6.66. The van der Waals surface area contributed by atoms with E-state index < -0.39 is 0 Å². The number of hydrogen-bond donors (Lipinski definition) is 3. The molecule has 2 heterocycles. The summed E-state index contributed by atoms with van der Waals surface area (Å²) in [6.07, 6.45) is 2.37. The number of nitrogens with one attached hydrogen (secondary N) is 2. The molecule has 7 heteroatoms. The molecule has 0 saturated carbocycles. The molecule has 0 radical (unpaired) electrons. The number of nitrogens with zero attached hydrogens (tertiary/aromatic N) is 2. The van der Waals surface area contributed by atoms with Crippen molar-refractivity contribution in [3.05, 3.63) is 34.6 Å². The summed E-state index contributed by atoms with van der Waals surface area (Å²) in [7, 11) is 0. The lowest BCUT2D eigenvalue weighted by Crippen LogP contribution is -2.15. The summed E-state index contributed by atoms with van der Waals surface area (Å²) in [4.78, 5) is 21.5. The number of hydrazine groups is 1. The molecule has 2 rings (SSSR count). The number of anilines is 2. The minimum Gasteiger partial charge on any atom is -0.324 e. The standard InChI is InChI=1S/C12H15N5OS/c1-3-9-7(2)19-12(15-9)16-11(18)10-6-8(17-13)4-5-14-10/h4-6H,3,13H2,1-2H3,(H,14,17)(H,15,16,18). The van der Waals surface area contributed by atoms with Gasteiger partial charge in [0.1, 0.15) is 5.69 Å². The van der Waals surface area contributed by atoms with Crippen LogP contribution < -0.4 is 16.6 Å². The van der Waals surface area contributed by atoms with E-state index in [1.807, 2.05) is 13.8 Å². The fourth-order valence-electron chi connectivity index (χ4n) is 1.62. The van der Waals surface area contributed by atoms with Gasteiger partial charge >= 0.3 is 0 Å². The first kappa shape index (κ1) is 13.4. The highest BCUT2D eigenvalue weighted by Crippen LogP contribution is 2.22. The number of carbonyl (C=O) groups excluding carboxylic acids is 1. The molecule has 0 saturated heterocycles. The predicted octanol–water partition coefficient (Wildman–Crippen LogP) is 1.95. The molecule has 0 bridgehead atoms. The van der Waals surface area contributed by atoms with Crippen LogP contribution >= 0.6 is 11.3 Å². The Morgan fingerprint density at radius 1 is 1.53 bits per heavy atom. The number of rotatable bonds is 4. The van der Waals surface area contributed by atoms with Crippen LogP contribution in [0.1, 0.15) is 28.0 Å². The van der Waals surface area contributed by atoms with Gasteiger partial charge in [-0.05, 0) is 25.5 Å². The van der Waals surface area contributed by atoms with E-state index in [0.717, 1.165) is 17.0 Å². The first-order chi connectivity index (χ1) is 9.13. The maximum absolute atomic E-state index is 12.0. The van der Waals surface area contributed by atoms with Gasteiger partial charge in [-0.3, -0.25) is 20.9 Å². The molecular formula is C12H15N5OS. The molecule has 1 amide bonds. The zero-order valence-electron chi connectivity index (χ0n) is 10.7. The molecule has 0 unspecified atom stereocenters. The van der Waals surface area contributed by atoms with Crippen molar-refractivity contribution in [1.82, 2.24) is 9.97 Å². The zero-order valence-corrected chi connectivity index (χ0v) is 11.5. The van der Waals surface area contributed by atoms with Crippen LogP contribution in [0.2, 0.25) is 0 Å². The highest BCUT2D eigenvalue weighted by atomic mass is 32.1. The normalized spacial score (nSPS) is 10.3. The van der Waals surface area contributed by atoms with Gasteiger partial charge in [0.05, 0.1) is 11.4 Å². The second-order valence-electron chi connectivity index (χ2n) is 3.90. The SMILES string of the molecule is CCc1nc(NC(=O)c2cc(NN)ccn2)sc1C. The fourth-order valence-corrected chi connectivity index (χ4v) is 2.51. The van der Waals surface area contributed by atoms with Gasteiger partial charge in [0.2, 0.25) is 0 Å². The molecule has 4 N–H and O–H groups in total. The zero-order chi connectivity index (χ0) is 13.8. The van der Waals surface area contributed by atoms with Crippen LogP contribution in [0.4, 0.5) is 10.8 Å². The molecule has 0 aromatic carbocycles. The van der Waals surface area contributed by atoms with Crippen molar-refractivity contribution in [2.45, 2.75) is 20.3 Å². The van der Waals surface area contributed by atoms with Crippen LogP contribution in [0.3, 0.4) is 0 Å². The molecule has 0 atom stereocenters. The number of amides is 1. The van der Waals surface area contributed by atoms with Gasteiger partial charge < -0.3 is 5.43 Å². The lowest BCUT2D eigenvalue weighted by atomic mass is 10.3. The molecule has 2 aromatic heterocycles. The summed E-state index contributed by atoms with van der Waals surface area (Å²) < 4.78 is 0. The average molecular weight is 277 g/mol. The molecular weight excluding hydrogens is 262 g/mol. The van der Waals surface area contributed by atoms with Crippen LogP contribution in [-0.4, -0.2) is 15.9 Å². The van der Waals surface area contributed by atoms with Crippen molar-refractivity contribution < 1.29 is 4.79 Å². The van der Waals surface area contributed by atoms with Crippen molar-refractivity contribution >= 4 is 28.1 Å². The number of carbonyl (C=O) groups is 1. The second-order valence-corrected chi connectivity index (χ2v) is 5.11. The largest absolute Gasteiger partial charge is 0.324 e. The molecule has 100 valence electrons. The summed E-state index contributed by atoms with van der Waals surface area (Å²) in [6.45, 7) is 4.02. The molecule has 19 heavy (non-hydrogen) atoms. The van der Waals surface area contributed by atoms with Crippen LogP contribution in [0.5, 0.6) is 0 Å². The van der Waals surface area contributed by atoms with Crippen molar-refractivity contribution in [3.63, 3.8) is 0 Å². The Balaban J connectivity index is 2.15. The van der Waals surface area contributed by atoms with Crippen LogP contribution in [0.15, 0.2) is 18.3 Å². The quantitative estimate of drug-likeness (QED) is 0.586. The summed E-state index contributed by atoms with van der Waals surface area (Å²) in [5.41, 5.74) is 4.40. The molecule has 0 fully saturated rings. The van der Waals surface area contributed by atoms with Crippen molar-refractivity contribution in [3.8, 4) is 0 Å². The fraction of sp³-hybridized carbons (Fsp3) is 0.250. The summed E-state index contributed by atoms with van der Waals surface area (Å²) in [5.74, 6) is 5.00. The Morgan fingerprint density at radius 3 is 2.95 bits per heavy atom. The van der Waals surface area contributed by atoms with Gasteiger partial charge in [-0.15, -0.1) is 11.3 Å². The van der Waals surface area contributed by atoms with Crippen molar-refractivity contribution in [2.75, 3.05) is 10.7 Å². The van der Waals surface area contributed by atoms with E-state index in [9.17, 15) is 4.79 Å². The Kier molecular flexibility index (Phi) is 4.08. The Labute approximate surface area is 115 Å². The maximum atomic E-state index is 12.0. The molecule has 0 spiro atoms. The lowest BCUT2D eigenvalue weighted by molar-refractivity contribution is 0.102. The lowest BCUT2D eigenvalue weighted by Gasteiger charge is -2.03. The minimum atomic E-state index is -0.298. The van der Waals surface area contributed by atoms with Crippen LogP contribution in [0.25, 0.3) is 0 Å². The number of aromatic nitrogens is 2. The Hall–Kier alpha value is -1.99. The third-order valence-electron chi connectivity index (χ3n) is 2.61. The number of nitrogen functional groups attached to an aromatic ring is 1. The second kappa shape index (κ2) is 5.77. The van der Waals surface area contributed by atoms with E-state index in [-0.39, 0.29) is 5.91 Å². The van der Waals surface area contributed by atoms with Crippen molar-refractivity contribution in [2.24, 2.45) is 5.84 Å². The topological polar surface area (TPSA) is 92.9 Å². The van der Waals surface area contributed by atoms with E-state index in [0.29, 0.717) is 16.5 Å². The highest BCUT2D eigenvalue weighted by Gasteiger charge is 2.12. The van der Waals surface area contributed by atoms with Gasteiger partial charge in [0, 0.05) is 11.1 Å². The molecule has 0 aliphatic rings. The van der Waals surface area contributed by atoms with Crippen LogP contribution in [-0.2, 0) is 6.42 Å². The number of thiazole rings is 1.